The Kier molecular flexibility index (Phi) is 11.9. The largest absolute Gasteiger partial charge is 0.480 e. The van der Waals surface area contributed by atoms with Crippen molar-refractivity contribution < 1.29 is 31.9 Å². The monoisotopic (exact) mass is 663 g/mol. The number of carboxylic acids is 1. The normalized spacial score (nSPS) is 11.8. The first-order valence-electron chi connectivity index (χ1n) is 13.5. The van der Waals surface area contributed by atoms with Gasteiger partial charge < -0.3 is 27.3 Å². The first-order chi connectivity index (χ1) is 21.2. The summed E-state index contributed by atoms with van der Waals surface area (Å²) in [4.78, 5) is 34.2. The lowest BCUT2D eigenvalue weighted by atomic mass is 10.00. The predicted molar refractivity (Wildman–Crippen MR) is 170 cm³/mol. The fourth-order valence-corrected chi connectivity index (χ4v) is 5.35. The predicted octanol–water partition coefficient (Wildman–Crippen LogP) is 4.00. The molecule has 0 aliphatic rings. The number of halogens is 3. The average molecular weight is 664 g/mol. The maximum absolute atomic E-state index is 15.1. The number of nitrogens with zero attached hydrogens (tertiary/aromatic N) is 2. The Hall–Kier alpha value is -4.60. The lowest BCUT2D eigenvalue weighted by molar-refractivity contribution is -0.138. The molecule has 0 saturated carbocycles. The molecule has 0 saturated heterocycles. The van der Waals surface area contributed by atoms with E-state index in [4.69, 9.17) is 33.9 Å². The molecule has 0 aliphatic carbocycles. The fraction of sp³-hybridized carbons (Fsp3) is 0.241. The molecule has 16 heteroatoms. The van der Waals surface area contributed by atoms with Crippen LogP contribution in [0.5, 0.6) is 0 Å². The number of aromatic amines is 1. The second kappa shape index (κ2) is 15.4. The van der Waals surface area contributed by atoms with Gasteiger partial charge in [0.15, 0.2) is 11.8 Å². The average Bonchev–Trinajstić information content (AvgIpc) is 3.40. The third-order valence-electron chi connectivity index (χ3n) is 6.29. The van der Waals surface area contributed by atoms with Crippen LogP contribution in [0.2, 0.25) is 5.02 Å². The quantitative estimate of drug-likeness (QED) is 0.0557. The molecule has 1 atom stereocenters. The SMILES string of the molecule is CCCS(=O)(=O)Nc1ccc(F)c(C(=O)c2c[nH]c3ncc(-c4ccc(Cl)cc4)cc23)c1F.NC(N)=NCCC[C@H](N)C(=O)O. The van der Waals surface area contributed by atoms with Crippen LogP contribution in [0, 0.1) is 11.6 Å². The third-order valence-corrected chi connectivity index (χ3v) is 8.02. The van der Waals surface area contributed by atoms with Crippen molar-refractivity contribution in [2.24, 2.45) is 22.2 Å². The van der Waals surface area contributed by atoms with Gasteiger partial charge in [0, 0.05) is 40.5 Å². The number of anilines is 1. The van der Waals surface area contributed by atoms with Crippen LogP contribution in [-0.4, -0.2) is 59.5 Å². The number of ketones is 1. The van der Waals surface area contributed by atoms with E-state index in [0.717, 1.165) is 17.7 Å². The molecule has 0 bridgehead atoms. The molecule has 0 amide bonds. The number of nitrogens with two attached hydrogens (primary N) is 3. The van der Waals surface area contributed by atoms with E-state index in [0.29, 0.717) is 47.4 Å². The first kappa shape index (κ1) is 34.9. The number of guanidine groups is 1. The van der Waals surface area contributed by atoms with Crippen molar-refractivity contribution in [3.8, 4) is 11.1 Å². The number of sulfonamides is 1. The summed E-state index contributed by atoms with van der Waals surface area (Å²) in [6.07, 6.45) is 4.18. The van der Waals surface area contributed by atoms with E-state index in [1.807, 2.05) is 0 Å². The van der Waals surface area contributed by atoms with Gasteiger partial charge in [0.1, 0.15) is 17.5 Å². The number of pyridine rings is 1. The van der Waals surface area contributed by atoms with Crippen LogP contribution >= 0.6 is 11.6 Å². The minimum Gasteiger partial charge on any atom is -0.480 e. The van der Waals surface area contributed by atoms with Gasteiger partial charge in [-0.3, -0.25) is 19.3 Å². The molecule has 2 heterocycles. The summed E-state index contributed by atoms with van der Waals surface area (Å²) in [5, 5.41) is 9.31. The lowest BCUT2D eigenvalue weighted by Gasteiger charge is -2.11. The molecular weight excluding hydrogens is 632 g/mol. The molecule has 0 radical (unpaired) electrons. The van der Waals surface area contributed by atoms with Crippen molar-refractivity contribution in [3.63, 3.8) is 0 Å². The van der Waals surface area contributed by atoms with Crippen LogP contribution < -0.4 is 21.9 Å². The Bertz CT molecular complexity index is 1810. The van der Waals surface area contributed by atoms with Crippen molar-refractivity contribution >= 4 is 56.1 Å². The van der Waals surface area contributed by atoms with Gasteiger partial charge in [-0.15, -0.1) is 0 Å². The number of aliphatic carboxylic acids is 1. The van der Waals surface area contributed by atoms with Gasteiger partial charge in [-0.05, 0) is 55.2 Å². The van der Waals surface area contributed by atoms with Crippen LogP contribution in [0.25, 0.3) is 22.2 Å². The van der Waals surface area contributed by atoms with Crippen LogP contribution in [0.1, 0.15) is 42.1 Å². The number of carbonyl (C=O) groups excluding carboxylic acids is 1. The molecule has 4 rings (SSSR count). The van der Waals surface area contributed by atoms with Gasteiger partial charge in [-0.25, -0.2) is 22.2 Å². The molecule has 0 spiro atoms. The number of carboxylic acid groups (broad SMARTS) is 1. The molecule has 45 heavy (non-hydrogen) atoms. The number of aliphatic imine (C=N–C) groups is 1. The number of H-pyrrole nitrogens is 1. The number of hydrogen-bond donors (Lipinski definition) is 6. The molecule has 0 aliphatic heterocycles. The Balaban J connectivity index is 0.000000392. The number of hydrogen-bond acceptors (Lipinski definition) is 7. The highest BCUT2D eigenvalue weighted by Crippen LogP contribution is 2.30. The van der Waals surface area contributed by atoms with Crippen LogP contribution in [0.15, 0.2) is 59.9 Å². The molecule has 12 nitrogen and oxygen atoms in total. The summed E-state index contributed by atoms with van der Waals surface area (Å²) in [6.45, 7) is 2.07. The standard InChI is InChI=1S/C23H18ClF2N3O3S.C6H14N4O2/c1-2-9-33(31,32)29-19-8-7-18(25)20(21(19)26)22(30)17-12-28-23-16(17)10-14(11-27-23)13-3-5-15(24)6-4-13;7-4(5(11)12)2-1-3-10-6(8)9/h3-8,10-12,29H,2,9H2,1H3,(H,27,28);4H,1-3,7H2,(H,11,12)(H4,8,9,10)/t;4-/m.0/s1. The van der Waals surface area contributed by atoms with E-state index in [2.05, 4.69) is 19.7 Å². The Morgan fingerprint density at radius 3 is 2.44 bits per heavy atom. The van der Waals surface area contributed by atoms with E-state index < -0.39 is 50.7 Å². The van der Waals surface area contributed by atoms with Gasteiger partial charge in [0.25, 0.3) is 0 Å². The van der Waals surface area contributed by atoms with E-state index in [1.54, 1.807) is 43.5 Å². The number of carbonyl (C=O) groups is 2. The zero-order chi connectivity index (χ0) is 33.3. The van der Waals surface area contributed by atoms with Crippen molar-refractivity contribution in [2.45, 2.75) is 32.2 Å². The highest BCUT2D eigenvalue weighted by Gasteiger charge is 2.26. The second-order valence-corrected chi connectivity index (χ2v) is 12.0. The molecule has 2 aromatic carbocycles. The van der Waals surface area contributed by atoms with E-state index in [9.17, 15) is 22.4 Å². The summed E-state index contributed by atoms with van der Waals surface area (Å²) in [5.41, 5.74) is 15.8. The zero-order valence-electron chi connectivity index (χ0n) is 24.1. The molecular formula is C29H32ClF2N7O5S. The van der Waals surface area contributed by atoms with Gasteiger partial charge in [0.2, 0.25) is 15.8 Å². The molecule has 0 unspecified atom stereocenters. The maximum atomic E-state index is 15.1. The smallest absolute Gasteiger partial charge is 0.320 e. The minimum atomic E-state index is -3.84. The maximum Gasteiger partial charge on any atom is 0.320 e. The molecule has 9 N–H and O–H groups in total. The third kappa shape index (κ3) is 9.44. The first-order valence-corrected chi connectivity index (χ1v) is 15.6. The van der Waals surface area contributed by atoms with E-state index >= 15 is 4.39 Å². The summed E-state index contributed by atoms with van der Waals surface area (Å²) in [7, 11) is -3.84. The fourth-order valence-electron chi connectivity index (χ4n) is 4.10. The van der Waals surface area contributed by atoms with Gasteiger partial charge in [-0.2, -0.15) is 0 Å². The van der Waals surface area contributed by atoms with Crippen molar-refractivity contribution in [1.29, 1.82) is 0 Å². The van der Waals surface area contributed by atoms with Crippen molar-refractivity contribution in [1.82, 2.24) is 9.97 Å². The summed E-state index contributed by atoms with van der Waals surface area (Å²) in [6, 6.07) is 9.64. The summed E-state index contributed by atoms with van der Waals surface area (Å²) in [5.74, 6) is -4.56. The number of rotatable bonds is 12. The zero-order valence-corrected chi connectivity index (χ0v) is 25.6. The van der Waals surface area contributed by atoms with Crippen LogP contribution in [0.4, 0.5) is 14.5 Å². The number of aromatic nitrogens is 2. The molecule has 2 aromatic heterocycles. The summed E-state index contributed by atoms with van der Waals surface area (Å²) >= 11 is 5.93. The lowest BCUT2D eigenvalue weighted by Crippen LogP contribution is -2.30. The topological polar surface area (TPSA) is 220 Å². The van der Waals surface area contributed by atoms with Crippen LogP contribution in [-0.2, 0) is 14.8 Å². The van der Waals surface area contributed by atoms with E-state index in [-0.39, 0.29) is 17.3 Å². The highest BCUT2D eigenvalue weighted by molar-refractivity contribution is 7.92. The Labute approximate surface area is 262 Å². The number of benzene rings is 2. The molecule has 4 aromatic rings. The minimum absolute atomic E-state index is 0.000297. The summed E-state index contributed by atoms with van der Waals surface area (Å²) < 4.78 is 55.8. The van der Waals surface area contributed by atoms with Crippen molar-refractivity contribution in [3.05, 3.63) is 82.6 Å². The Morgan fingerprint density at radius 2 is 1.82 bits per heavy atom. The Morgan fingerprint density at radius 1 is 1.13 bits per heavy atom. The van der Waals surface area contributed by atoms with Gasteiger partial charge in [0.05, 0.1) is 17.0 Å². The highest BCUT2D eigenvalue weighted by atomic mass is 35.5. The van der Waals surface area contributed by atoms with Crippen molar-refractivity contribution in [2.75, 3.05) is 17.0 Å². The van der Waals surface area contributed by atoms with Gasteiger partial charge >= 0.3 is 5.97 Å². The van der Waals surface area contributed by atoms with Gasteiger partial charge in [-0.1, -0.05) is 30.7 Å². The second-order valence-electron chi connectivity index (χ2n) is 9.76. The number of nitrogens with one attached hydrogen (secondary N) is 2. The molecule has 240 valence electrons. The number of fused-ring (bicyclic) bond motifs is 1. The van der Waals surface area contributed by atoms with E-state index in [1.165, 1.54) is 6.20 Å². The molecule has 0 fully saturated rings. The van der Waals surface area contributed by atoms with Crippen LogP contribution in [0.3, 0.4) is 0 Å².